The van der Waals surface area contributed by atoms with Crippen LogP contribution in [0.4, 0.5) is 0 Å². The number of nitrogens with one attached hydrogen (secondary N) is 1. The van der Waals surface area contributed by atoms with Crippen LogP contribution in [0.25, 0.3) is 0 Å². The molecule has 1 atom stereocenters. The van der Waals surface area contributed by atoms with Crippen LogP contribution in [0.1, 0.15) is 51.9 Å². The van der Waals surface area contributed by atoms with Gasteiger partial charge in [-0.2, -0.15) is 0 Å². The van der Waals surface area contributed by atoms with E-state index in [9.17, 15) is 0 Å². The molecule has 23 heavy (non-hydrogen) atoms. The Bertz CT molecular complexity index is 392. The number of aliphatic imine (C=N–C) groups is 1. The minimum atomic E-state index is 0. The van der Waals surface area contributed by atoms with Gasteiger partial charge in [-0.3, -0.25) is 4.99 Å². The Kier molecular flexibility index (Phi) is 7.45. The lowest BCUT2D eigenvalue weighted by Crippen LogP contribution is -2.43. The zero-order valence-electron chi connectivity index (χ0n) is 15.0. The number of rotatable bonds is 3. The van der Waals surface area contributed by atoms with Crippen LogP contribution >= 0.6 is 24.0 Å². The van der Waals surface area contributed by atoms with Gasteiger partial charge in [0.1, 0.15) is 0 Å². The van der Waals surface area contributed by atoms with Crippen LogP contribution in [0.5, 0.6) is 0 Å². The molecule has 1 spiro atoms. The van der Waals surface area contributed by atoms with E-state index >= 15 is 0 Å². The molecular weight excluding hydrogens is 399 g/mol. The fourth-order valence-corrected chi connectivity index (χ4v) is 4.76. The highest BCUT2D eigenvalue weighted by molar-refractivity contribution is 14.0. The molecule has 3 rings (SSSR count). The van der Waals surface area contributed by atoms with Crippen molar-refractivity contribution in [3.8, 4) is 0 Å². The van der Waals surface area contributed by atoms with Crippen molar-refractivity contribution in [1.82, 2.24) is 15.1 Å². The average Bonchev–Trinajstić information content (AvgIpc) is 3.17. The number of halogens is 1. The van der Waals surface area contributed by atoms with Gasteiger partial charge in [-0.25, -0.2) is 0 Å². The first kappa shape index (κ1) is 19.3. The molecule has 0 aromatic rings. The highest BCUT2D eigenvalue weighted by Crippen LogP contribution is 2.43. The minimum absolute atomic E-state index is 0. The van der Waals surface area contributed by atoms with E-state index in [-0.39, 0.29) is 24.0 Å². The van der Waals surface area contributed by atoms with Gasteiger partial charge in [-0.05, 0) is 50.1 Å². The van der Waals surface area contributed by atoms with E-state index in [2.05, 4.69) is 27.0 Å². The molecule has 2 aliphatic heterocycles. The number of guanidine groups is 1. The Balaban J connectivity index is 0.00000192. The Morgan fingerprint density at radius 2 is 1.96 bits per heavy atom. The Labute approximate surface area is 159 Å². The Morgan fingerprint density at radius 3 is 2.61 bits per heavy atom. The van der Waals surface area contributed by atoms with Gasteiger partial charge in [0.25, 0.3) is 0 Å². The molecule has 2 saturated heterocycles. The fourth-order valence-electron chi connectivity index (χ4n) is 4.76. The van der Waals surface area contributed by atoms with Gasteiger partial charge in [0.2, 0.25) is 0 Å². The van der Waals surface area contributed by atoms with E-state index in [0.717, 1.165) is 18.4 Å². The van der Waals surface area contributed by atoms with Crippen LogP contribution in [0.3, 0.4) is 0 Å². The van der Waals surface area contributed by atoms with Crippen LogP contribution < -0.4 is 5.32 Å². The van der Waals surface area contributed by atoms with Gasteiger partial charge >= 0.3 is 0 Å². The van der Waals surface area contributed by atoms with Gasteiger partial charge in [0, 0.05) is 33.2 Å². The van der Waals surface area contributed by atoms with Crippen LogP contribution in [-0.4, -0.2) is 62.1 Å². The average molecular weight is 434 g/mol. The predicted octanol–water partition coefficient (Wildman–Crippen LogP) is 3.18. The minimum Gasteiger partial charge on any atom is -0.356 e. The zero-order chi connectivity index (χ0) is 15.4. The number of nitrogens with zero attached hydrogens (tertiary/aromatic N) is 3. The summed E-state index contributed by atoms with van der Waals surface area (Å²) in [5, 5.41) is 3.67. The molecule has 0 aromatic heterocycles. The quantitative estimate of drug-likeness (QED) is 0.421. The molecular formula is C18H35IN4. The van der Waals surface area contributed by atoms with Crippen molar-refractivity contribution in [3.05, 3.63) is 0 Å². The topological polar surface area (TPSA) is 30.9 Å². The first-order valence-electron chi connectivity index (χ1n) is 9.43. The second-order valence-electron chi connectivity index (χ2n) is 7.71. The molecule has 0 bridgehead atoms. The fraction of sp³-hybridized carbons (Fsp3) is 0.944. The third-order valence-corrected chi connectivity index (χ3v) is 6.23. The van der Waals surface area contributed by atoms with E-state index in [1.165, 1.54) is 77.7 Å². The Hall–Kier alpha value is -0.0400. The number of hydrogen-bond donors (Lipinski definition) is 1. The lowest BCUT2D eigenvalue weighted by molar-refractivity contribution is 0.203. The summed E-state index contributed by atoms with van der Waals surface area (Å²) >= 11 is 0. The second kappa shape index (κ2) is 8.88. The maximum Gasteiger partial charge on any atom is 0.193 e. The highest BCUT2D eigenvalue weighted by Gasteiger charge is 2.39. The predicted molar refractivity (Wildman–Crippen MR) is 109 cm³/mol. The summed E-state index contributed by atoms with van der Waals surface area (Å²) < 4.78 is 0. The van der Waals surface area contributed by atoms with E-state index in [0.29, 0.717) is 5.41 Å². The second-order valence-corrected chi connectivity index (χ2v) is 7.71. The number of likely N-dealkylation sites (tertiary alicyclic amines) is 2. The lowest BCUT2D eigenvalue weighted by atomic mass is 9.73. The van der Waals surface area contributed by atoms with Crippen molar-refractivity contribution < 1.29 is 0 Å². The molecule has 1 aliphatic carbocycles. The van der Waals surface area contributed by atoms with Crippen molar-refractivity contribution >= 4 is 29.9 Å². The number of hydrogen-bond acceptors (Lipinski definition) is 2. The Morgan fingerprint density at radius 1 is 1.17 bits per heavy atom. The highest BCUT2D eigenvalue weighted by atomic mass is 127. The SMILES string of the molecule is CCN1CCC(CNC(=NC)N2CCC3(CCCCC3)C2)C1.I. The third kappa shape index (κ3) is 4.74. The van der Waals surface area contributed by atoms with E-state index in [1.54, 1.807) is 0 Å². The van der Waals surface area contributed by atoms with E-state index in [4.69, 9.17) is 0 Å². The summed E-state index contributed by atoms with van der Waals surface area (Å²) in [6, 6.07) is 0. The zero-order valence-corrected chi connectivity index (χ0v) is 17.3. The molecule has 1 unspecified atom stereocenters. The lowest BCUT2D eigenvalue weighted by Gasteiger charge is -2.33. The summed E-state index contributed by atoms with van der Waals surface area (Å²) in [5.41, 5.74) is 0.613. The standard InChI is InChI=1S/C18H34N4.HI/c1-3-21-11-7-16(14-21)13-20-17(19-2)22-12-10-18(15-22)8-5-4-6-9-18;/h16H,3-15H2,1-2H3,(H,19,20);1H. The molecule has 0 amide bonds. The molecule has 2 heterocycles. The van der Waals surface area contributed by atoms with Gasteiger partial charge in [-0.1, -0.05) is 26.2 Å². The summed E-state index contributed by atoms with van der Waals surface area (Å²) in [4.78, 5) is 9.65. The molecule has 134 valence electrons. The van der Waals surface area contributed by atoms with Gasteiger partial charge in [-0.15, -0.1) is 24.0 Å². The third-order valence-electron chi connectivity index (χ3n) is 6.23. The van der Waals surface area contributed by atoms with E-state index in [1.807, 2.05) is 7.05 Å². The molecule has 1 saturated carbocycles. The summed E-state index contributed by atoms with van der Waals surface area (Å²) in [6.45, 7) is 9.51. The van der Waals surface area contributed by atoms with Crippen LogP contribution in [0, 0.1) is 11.3 Å². The first-order chi connectivity index (χ1) is 10.7. The van der Waals surface area contributed by atoms with Crippen molar-refractivity contribution in [2.24, 2.45) is 16.3 Å². The van der Waals surface area contributed by atoms with Gasteiger partial charge in [0.15, 0.2) is 5.96 Å². The maximum atomic E-state index is 4.57. The van der Waals surface area contributed by atoms with Gasteiger partial charge < -0.3 is 15.1 Å². The van der Waals surface area contributed by atoms with E-state index < -0.39 is 0 Å². The van der Waals surface area contributed by atoms with Crippen molar-refractivity contribution in [3.63, 3.8) is 0 Å². The molecule has 5 heteroatoms. The monoisotopic (exact) mass is 434 g/mol. The molecule has 1 N–H and O–H groups in total. The van der Waals surface area contributed by atoms with Crippen molar-refractivity contribution in [2.75, 3.05) is 46.3 Å². The normalized spacial score (nSPS) is 28.2. The summed E-state index contributed by atoms with van der Waals surface area (Å²) in [6.07, 6.45) is 9.92. The molecule has 3 fully saturated rings. The molecule has 0 aromatic carbocycles. The van der Waals surface area contributed by atoms with Crippen LogP contribution in [-0.2, 0) is 0 Å². The summed E-state index contributed by atoms with van der Waals surface area (Å²) in [5.74, 6) is 1.94. The maximum absolute atomic E-state index is 4.57. The smallest absolute Gasteiger partial charge is 0.193 e. The van der Waals surface area contributed by atoms with Crippen molar-refractivity contribution in [2.45, 2.75) is 51.9 Å². The summed E-state index contributed by atoms with van der Waals surface area (Å²) in [7, 11) is 1.95. The van der Waals surface area contributed by atoms with Crippen LogP contribution in [0.15, 0.2) is 4.99 Å². The van der Waals surface area contributed by atoms with Crippen molar-refractivity contribution in [1.29, 1.82) is 0 Å². The molecule has 3 aliphatic rings. The molecule has 4 nitrogen and oxygen atoms in total. The first-order valence-corrected chi connectivity index (χ1v) is 9.43. The molecule has 0 radical (unpaired) electrons. The van der Waals surface area contributed by atoms with Gasteiger partial charge in [0.05, 0.1) is 0 Å². The van der Waals surface area contributed by atoms with Crippen LogP contribution in [0.2, 0.25) is 0 Å². The largest absolute Gasteiger partial charge is 0.356 e.